The molecule has 35 heavy (non-hydrogen) atoms. The summed E-state index contributed by atoms with van der Waals surface area (Å²) in [6.07, 6.45) is -0.268. The van der Waals surface area contributed by atoms with E-state index in [9.17, 15) is 47.8 Å². The fraction of sp³-hybridized carbons (Fsp3) is 0.381. The highest BCUT2D eigenvalue weighted by Crippen LogP contribution is 2.53. The Hall–Kier alpha value is -2.97. The van der Waals surface area contributed by atoms with Crippen molar-refractivity contribution in [3.05, 3.63) is 44.9 Å². The largest absolute Gasteiger partial charge is 0.510 e. The zero-order chi connectivity index (χ0) is 26.4. The number of rotatable bonds is 3. The van der Waals surface area contributed by atoms with Gasteiger partial charge in [0.2, 0.25) is 5.78 Å². The Morgan fingerprint density at radius 3 is 2.34 bits per heavy atom. The summed E-state index contributed by atoms with van der Waals surface area (Å²) in [6, 6.07) is -0.363. The van der Waals surface area contributed by atoms with Crippen LogP contribution < -0.4 is 5.73 Å². The molecule has 1 amide bonds. The predicted octanol–water partition coefficient (Wildman–Crippen LogP) is 0.0207. The number of phenolic OH excluding ortho intramolecular Hbond substituents is 1. The van der Waals surface area contributed by atoms with Crippen molar-refractivity contribution in [1.29, 1.82) is 0 Å². The lowest BCUT2D eigenvalue weighted by molar-refractivity contribution is -0.148. The molecule has 12 nitrogen and oxygen atoms in total. The number of hydrogen-bond acceptors (Lipinski definition) is 10. The van der Waals surface area contributed by atoms with Gasteiger partial charge in [0.25, 0.3) is 16.0 Å². The third kappa shape index (κ3) is 3.30. The maximum Gasteiger partial charge on any atom is 0.298 e. The average molecular weight is 529 g/mol. The summed E-state index contributed by atoms with van der Waals surface area (Å²) in [5.74, 6) is -8.87. The quantitative estimate of drug-likeness (QED) is 0.227. The number of carbonyl (C=O) groups is 3. The summed E-state index contributed by atoms with van der Waals surface area (Å²) in [5, 5.41) is 43.5. The van der Waals surface area contributed by atoms with Gasteiger partial charge in [0.05, 0.1) is 11.6 Å². The molecule has 0 bridgehead atoms. The van der Waals surface area contributed by atoms with Gasteiger partial charge >= 0.3 is 0 Å². The van der Waals surface area contributed by atoms with Crippen LogP contribution in [-0.2, 0) is 26.1 Å². The molecule has 188 valence electrons. The summed E-state index contributed by atoms with van der Waals surface area (Å²) in [6.45, 7) is 0. The summed E-state index contributed by atoms with van der Waals surface area (Å²) in [4.78, 5) is 38.9. The molecule has 0 fully saturated rings. The number of ketones is 2. The molecule has 1 aromatic carbocycles. The van der Waals surface area contributed by atoms with E-state index in [0.29, 0.717) is 0 Å². The standard InChI is InChI=1S/C21H21ClN2O10S/c1-24(2)14-8-4-6-3-7-9(22)5-10(35(32,33)34)15(25)12(7)16(26)11(6)18(28)21(8,31)19(29)13(17(14)27)20(23)30/h5-6,8,14,25,27-28,31H,3-4H2,1-2H3,(H2,23,30)(H,32,33,34)/t6-,8-,14-,21-/m0/s1. The van der Waals surface area contributed by atoms with E-state index in [2.05, 4.69) is 0 Å². The fourth-order valence-corrected chi connectivity index (χ4v) is 6.41. The number of benzene rings is 1. The molecular formula is C21H21ClN2O10S. The Balaban J connectivity index is 2.00. The number of aliphatic hydroxyl groups is 3. The van der Waals surface area contributed by atoms with Crippen molar-refractivity contribution in [2.75, 3.05) is 14.1 Å². The van der Waals surface area contributed by atoms with Crippen LogP contribution in [0, 0.1) is 11.8 Å². The number of aliphatic hydroxyl groups excluding tert-OH is 2. The highest BCUT2D eigenvalue weighted by Gasteiger charge is 2.63. The zero-order valence-corrected chi connectivity index (χ0v) is 19.9. The van der Waals surface area contributed by atoms with Crippen molar-refractivity contribution in [2.24, 2.45) is 17.6 Å². The Bertz CT molecular complexity index is 1400. The first-order valence-corrected chi connectivity index (χ1v) is 12.0. The van der Waals surface area contributed by atoms with Gasteiger partial charge in [-0.25, -0.2) is 0 Å². The Morgan fingerprint density at radius 1 is 1.23 bits per heavy atom. The number of Topliss-reactive ketones (excluding diaryl/α,β-unsaturated/α-hetero) is 2. The molecule has 0 saturated heterocycles. The van der Waals surface area contributed by atoms with E-state index < -0.39 is 89.9 Å². The minimum atomic E-state index is -4.99. The van der Waals surface area contributed by atoms with Crippen LogP contribution in [0.4, 0.5) is 0 Å². The third-order valence-corrected chi connectivity index (χ3v) is 8.12. The minimum Gasteiger partial charge on any atom is -0.510 e. The first-order chi connectivity index (χ1) is 16.0. The molecule has 3 aliphatic rings. The monoisotopic (exact) mass is 528 g/mol. The predicted molar refractivity (Wildman–Crippen MR) is 118 cm³/mol. The fourth-order valence-electron chi connectivity index (χ4n) is 5.45. The molecule has 0 heterocycles. The smallest absolute Gasteiger partial charge is 0.298 e. The van der Waals surface area contributed by atoms with Gasteiger partial charge in [-0.2, -0.15) is 8.42 Å². The van der Waals surface area contributed by atoms with Gasteiger partial charge in [0, 0.05) is 16.5 Å². The van der Waals surface area contributed by atoms with E-state index >= 15 is 0 Å². The molecular weight excluding hydrogens is 508 g/mol. The van der Waals surface area contributed by atoms with Crippen LogP contribution in [0.5, 0.6) is 5.75 Å². The average Bonchev–Trinajstić information content (AvgIpc) is 2.71. The van der Waals surface area contributed by atoms with Crippen molar-refractivity contribution >= 4 is 39.2 Å². The SMILES string of the molecule is CN(C)[C@@H]1C(O)=C(C(N)=O)C(=O)[C@@]2(O)C(O)=C3C(=O)c4c(O)c(S(=O)(=O)O)cc(Cl)c4C[C@H]3C[C@@H]12. The van der Waals surface area contributed by atoms with Gasteiger partial charge in [0.15, 0.2) is 11.4 Å². The molecule has 4 atom stereocenters. The van der Waals surface area contributed by atoms with Crippen LogP contribution in [-0.4, -0.2) is 81.5 Å². The lowest BCUT2D eigenvalue weighted by Crippen LogP contribution is -2.63. The second kappa shape index (κ2) is 7.77. The molecule has 0 spiro atoms. The number of nitrogens with two attached hydrogens (primary N) is 1. The number of hydrogen-bond donors (Lipinski definition) is 6. The molecule has 0 unspecified atom stereocenters. The number of aromatic hydroxyl groups is 1. The third-order valence-electron chi connectivity index (χ3n) is 6.91. The minimum absolute atomic E-state index is 0.0367. The second-order valence-electron chi connectivity index (χ2n) is 9.00. The summed E-state index contributed by atoms with van der Waals surface area (Å²) >= 11 is 6.17. The van der Waals surface area contributed by atoms with E-state index in [1.54, 1.807) is 0 Å². The van der Waals surface area contributed by atoms with Crippen LogP contribution in [0.25, 0.3) is 0 Å². The second-order valence-corrected chi connectivity index (χ2v) is 10.8. The zero-order valence-electron chi connectivity index (χ0n) is 18.3. The summed E-state index contributed by atoms with van der Waals surface area (Å²) < 4.78 is 32.7. The van der Waals surface area contributed by atoms with Crippen LogP contribution in [0.1, 0.15) is 22.3 Å². The lowest BCUT2D eigenvalue weighted by atomic mass is 9.58. The van der Waals surface area contributed by atoms with Gasteiger partial charge < -0.3 is 26.2 Å². The molecule has 7 N–H and O–H groups in total. The van der Waals surface area contributed by atoms with Gasteiger partial charge in [-0.15, -0.1) is 0 Å². The highest BCUT2D eigenvalue weighted by atomic mass is 35.5. The number of halogens is 1. The molecule has 1 aromatic rings. The first kappa shape index (κ1) is 25.1. The Kier molecular flexibility index (Phi) is 5.58. The van der Waals surface area contributed by atoms with Gasteiger partial charge in [-0.1, -0.05) is 11.6 Å². The summed E-state index contributed by atoms with van der Waals surface area (Å²) in [5.41, 5.74) is 0.413. The number of amides is 1. The number of carbonyl (C=O) groups excluding carboxylic acids is 3. The molecule has 0 radical (unpaired) electrons. The van der Waals surface area contributed by atoms with Crippen molar-refractivity contribution in [1.82, 2.24) is 4.90 Å². The maximum atomic E-state index is 13.4. The maximum absolute atomic E-state index is 13.4. The van der Waals surface area contributed by atoms with Crippen molar-refractivity contribution < 1.29 is 47.8 Å². The van der Waals surface area contributed by atoms with E-state index in [0.717, 1.165) is 6.07 Å². The van der Waals surface area contributed by atoms with E-state index in [4.69, 9.17) is 17.3 Å². The van der Waals surface area contributed by atoms with E-state index in [-0.39, 0.29) is 23.4 Å². The van der Waals surface area contributed by atoms with Crippen molar-refractivity contribution in [2.45, 2.75) is 29.4 Å². The highest BCUT2D eigenvalue weighted by molar-refractivity contribution is 7.86. The van der Waals surface area contributed by atoms with E-state index in [1.807, 2.05) is 0 Å². The molecule has 0 aromatic heterocycles. The van der Waals surface area contributed by atoms with Gasteiger partial charge in [-0.3, -0.25) is 23.8 Å². The Labute approximate surface area is 203 Å². The number of nitrogens with zero attached hydrogens (tertiary/aromatic N) is 1. The molecule has 4 rings (SSSR count). The van der Waals surface area contributed by atoms with Crippen LogP contribution in [0.3, 0.4) is 0 Å². The molecule has 0 saturated carbocycles. The molecule has 3 aliphatic carbocycles. The van der Waals surface area contributed by atoms with Gasteiger partial charge in [-0.05, 0) is 44.5 Å². The topological polar surface area (TPSA) is 216 Å². The lowest BCUT2D eigenvalue weighted by Gasteiger charge is -2.50. The van der Waals surface area contributed by atoms with Crippen molar-refractivity contribution in [3.8, 4) is 5.75 Å². The van der Waals surface area contributed by atoms with Crippen LogP contribution in [0.15, 0.2) is 33.6 Å². The van der Waals surface area contributed by atoms with E-state index in [1.165, 1.54) is 19.0 Å². The number of primary amides is 1. The summed E-state index contributed by atoms with van der Waals surface area (Å²) in [7, 11) is -2.00. The Morgan fingerprint density at radius 2 is 1.83 bits per heavy atom. The van der Waals surface area contributed by atoms with Crippen LogP contribution in [0.2, 0.25) is 5.02 Å². The number of allylic oxidation sites excluding steroid dienone is 1. The number of likely N-dealkylation sites (N-methyl/N-ethyl adjacent to an activating group) is 1. The first-order valence-electron chi connectivity index (χ1n) is 10.2. The number of fused-ring (bicyclic) bond motifs is 3. The molecule has 0 aliphatic heterocycles. The van der Waals surface area contributed by atoms with Crippen molar-refractivity contribution in [3.63, 3.8) is 0 Å². The van der Waals surface area contributed by atoms with Crippen LogP contribution >= 0.6 is 11.6 Å². The number of phenols is 1. The molecule has 14 heteroatoms. The normalized spacial score (nSPS) is 28.7. The van der Waals surface area contributed by atoms with Gasteiger partial charge in [0.1, 0.15) is 27.7 Å².